The van der Waals surface area contributed by atoms with Gasteiger partial charge in [-0.2, -0.15) is 0 Å². The molecule has 0 aliphatic carbocycles. The van der Waals surface area contributed by atoms with E-state index in [2.05, 4.69) is 22.3 Å². The number of ether oxygens (including phenoxy) is 1. The molecule has 0 bridgehead atoms. The van der Waals surface area contributed by atoms with Gasteiger partial charge in [0.2, 0.25) is 0 Å². The van der Waals surface area contributed by atoms with Crippen LogP contribution in [0.5, 0.6) is 11.5 Å². The van der Waals surface area contributed by atoms with Crippen molar-refractivity contribution in [2.24, 2.45) is 0 Å². The number of nitrogens with one attached hydrogen (secondary N) is 1. The molecule has 0 radical (unpaired) electrons. The molecular weight excluding hydrogens is 490 g/mol. The monoisotopic (exact) mass is 523 g/mol. The molecule has 1 saturated heterocycles. The number of nitrogens with zero attached hydrogens (tertiary/aromatic N) is 2. The van der Waals surface area contributed by atoms with Crippen LogP contribution in [0.15, 0.2) is 59.5 Å². The van der Waals surface area contributed by atoms with Crippen LogP contribution in [0.25, 0.3) is 0 Å². The van der Waals surface area contributed by atoms with Crippen molar-refractivity contribution in [2.75, 3.05) is 24.7 Å². The summed E-state index contributed by atoms with van der Waals surface area (Å²) in [5.74, 6) is 1.32. The number of anilines is 1. The number of hydrogen-bond acceptors (Lipinski definition) is 7. The van der Waals surface area contributed by atoms with Crippen LogP contribution in [-0.4, -0.2) is 43.6 Å². The van der Waals surface area contributed by atoms with E-state index in [1.54, 1.807) is 24.3 Å². The first-order chi connectivity index (χ1) is 17.5. The quantitative estimate of drug-likeness (QED) is 0.294. The summed E-state index contributed by atoms with van der Waals surface area (Å²) in [6.45, 7) is 8.42. The van der Waals surface area contributed by atoms with Gasteiger partial charge in [-0.1, -0.05) is 29.8 Å². The van der Waals surface area contributed by atoms with E-state index in [0.717, 1.165) is 60.5 Å². The number of sulfone groups is 1. The molecule has 1 fully saturated rings. The fraction of sp³-hybridized carbons (Fsp3) is 0.357. The van der Waals surface area contributed by atoms with Gasteiger partial charge in [0.15, 0.2) is 9.84 Å². The van der Waals surface area contributed by atoms with E-state index in [1.165, 1.54) is 12.3 Å². The van der Waals surface area contributed by atoms with Crippen LogP contribution in [0, 0.1) is 30.9 Å². The molecule has 0 aromatic heterocycles. The maximum absolute atomic E-state index is 11.7. The lowest BCUT2D eigenvalue weighted by molar-refractivity contribution is -0.384. The molecule has 0 saturated carbocycles. The molecule has 0 atom stereocenters. The summed E-state index contributed by atoms with van der Waals surface area (Å²) < 4.78 is 29.5. The van der Waals surface area contributed by atoms with Crippen LogP contribution in [0.1, 0.15) is 35.1 Å². The number of likely N-dealkylation sites (tertiary alicyclic amines) is 1. The molecule has 1 N–H and O–H groups in total. The van der Waals surface area contributed by atoms with Crippen molar-refractivity contribution in [1.82, 2.24) is 4.90 Å². The molecule has 4 rings (SSSR count). The van der Waals surface area contributed by atoms with Gasteiger partial charge in [0, 0.05) is 44.1 Å². The first kappa shape index (κ1) is 26.6. The highest BCUT2D eigenvalue weighted by Gasteiger charge is 2.23. The van der Waals surface area contributed by atoms with Gasteiger partial charge in [-0.15, -0.1) is 0 Å². The lowest BCUT2D eigenvalue weighted by Gasteiger charge is -2.32. The maximum atomic E-state index is 11.7. The van der Waals surface area contributed by atoms with E-state index in [4.69, 9.17) is 4.74 Å². The predicted octanol–water partition coefficient (Wildman–Crippen LogP) is 5.79. The van der Waals surface area contributed by atoms with Crippen LogP contribution in [-0.2, 0) is 16.4 Å². The Bertz CT molecular complexity index is 1370. The van der Waals surface area contributed by atoms with Crippen molar-refractivity contribution in [3.05, 3.63) is 87.0 Å². The standard InChI is InChI=1S/C28H33N3O5S/c1-19-15-20(2)28(21(3)16-19)36-24-7-10-27(31(32)33)26(17-24)29-23-11-13-30(14-12-23)18-22-5-8-25(9-6-22)37(4,34)35/h5-10,15-17,23,29H,11-14,18H2,1-4H3. The van der Waals surface area contributed by atoms with E-state index < -0.39 is 9.84 Å². The smallest absolute Gasteiger partial charge is 0.292 e. The van der Waals surface area contributed by atoms with Gasteiger partial charge in [-0.05, 0) is 68.5 Å². The molecule has 1 heterocycles. The molecule has 3 aromatic carbocycles. The number of benzene rings is 3. The average Bonchev–Trinajstić information content (AvgIpc) is 2.82. The minimum Gasteiger partial charge on any atom is -0.457 e. The third kappa shape index (κ3) is 6.67. The zero-order valence-electron chi connectivity index (χ0n) is 21.7. The van der Waals surface area contributed by atoms with Gasteiger partial charge in [-0.3, -0.25) is 15.0 Å². The van der Waals surface area contributed by atoms with Crippen LogP contribution in [0.3, 0.4) is 0 Å². The fourth-order valence-corrected chi connectivity index (χ4v) is 5.49. The summed E-state index contributed by atoms with van der Waals surface area (Å²) in [5, 5.41) is 15.1. The molecule has 0 amide bonds. The summed E-state index contributed by atoms with van der Waals surface area (Å²) in [4.78, 5) is 14.0. The summed E-state index contributed by atoms with van der Waals surface area (Å²) in [7, 11) is -3.21. The van der Waals surface area contributed by atoms with Gasteiger partial charge < -0.3 is 10.1 Å². The van der Waals surface area contributed by atoms with E-state index in [-0.39, 0.29) is 16.7 Å². The third-order valence-corrected chi connectivity index (χ3v) is 7.82. The molecule has 0 spiro atoms. The van der Waals surface area contributed by atoms with Gasteiger partial charge in [0.25, 0.3) is 5.69 Å². The van der Waals surface area contributed by atoms with Crippen molar-refractivity contribution >= 4 is 21.2 Å². The van der Waals surface area contributed by atoms with E-state index in [1.807, 2.05) is 32.9 Å². The summed E-state index contributed by atoms with van der Waals surface area (Å²) in [6.07, 6.45) is 2.87. The summed E-state index contributed by atoms with van der Waals surface area (Å²) >= 11 is 0. The summed E-state index contributed by atoms with van der Waals surface area (Å²) in [6, 6.07) is 16.1. The molecule has 3 aromatic rings. The normalized spacial score (nSPS) is 14.9. The van der Waals surface area contributed by atoms with Crippen molar-refractivity contribution < 1.29 is 18.1 Å². The van der Waals surface area contributed by atoms with Crippen molar-refractivity contribution in [2.45, 2.75) is 51.1 Å². The molecule has 37 heavy (non-hydrogen) atoms. The second-order valence-corrected chi connectivity index (χ2v) is 11.9. The number of piperidine rings is 1. The minimum atomic E-state index is -3.21. The first-order valence-corrected chi connectivity index (χ1v) is 14.2. The Hall–Kier alpha value is -3.43. The maximum Gasteiger partial charge on any atom is 0.292 e. The Balaban J connectivity index is 1.41. The molecule has 1 aliphatic rings. The molecule has 9 heteroatoms. The fourth-order valence-electron chi connectivity index (χ4n) is 4.85. The van der Waals surface area contributed by atoms with Crippen molar-refractivity contribution in [3.8, 4) is 11.5 Å². The predicted molar refractivity (Wildman–Crippen MR) is 145 cm³/mol. The highest BCUT2D eigenvalue weighted by atomic mass is 32.2. The number of hydrogen-bond donors (Lipinski definition) is 1. The second-order valence-electron chi connectivity index (χ2n) is 9.88. The van der Waals surface area contributed by atoms with Gasteiger partial charge in [-0.25, -0.2) is 8.42 Å². The van der Waals surface area contributed by atoms with Crippen molar-refractivity contribution in [3.63, 3.8) is 0 Å². The Morgan fingerprint density at radius 2 is 1.62 bits per heavy atom. The molecule has 0 unspecified atom stereocenters. The molecule has 8 nitrogen and oxygen atoms in total. The van der Waals surface area contributed by atoms with Gasteiger partial charge >= 0.3 is 0 Å². The topological polar surface area (TPSA) is 102 Å². The lowest BCUT2D eigenvalue weighted by Crippen LogP contribution is -2.38. The van der Waals surface area contributed by atoms with Crippen molar-refractivity contribution in [1.29, 1.82) is 0 Å². The largest absolute Gasteiger partial charge is 0.457 e. The number of aryl methyl sites for hydroxylation is 3. The van der Waals surface area contributed by atoms with Crippen LogP contribution >= 0.6 is 0 Å². The summed E-state index contributed by atoms with van der Waals surface area (Å²) in [5.41, 5.74) is 4.73. The van der Waals surface area contributed by atoms with Gasteiger partial charge in [0.1, 0.15) is 17.2 Å². The Labute approximate surface area is 218 Å². The Kier molecular flexibility index (Phi) is 7.85. The van der Waals surface area contributed by atoms with Crippen LogP contribution in [0.2, 0.25) is 0 Å². The number of rotatable bonds is 8. The van der Waals surface area contributed by atoms with E-state index in [0.29, 0.717) is 16.3 Å². The Morgan fingerprint density at radius 1 is 1.00 bits per heavy atom. The minimum absolute atomic E-state index is 0.0260. The van der Waals surface area contributed by atoms with Crippen LogP contribution in [0.4, 0.5) is 11.4 Å². The third-order valence-electron chi connectivity index (χ3n) is 6.69. The SMILES string of the molecule is Cc1cc(C)c(Oc2ccc([N+](=O)[O-])c(NC3CCN(Cc4ccc(S(C)(=O)=O)cc4)CC3)c2)c(C)c1. The molecular formula is C28H33N3O5S. The highest BCUT2D eigenvalue weighted by Crippen LogP contribution is 2.35. The average molecular weight is 524 g/mol. The zero-order chi connectivity index (χ0) is 26.7. The second kappa shape index (κ2) is 10.9. The van der Waals surface area contributed by atoms with Gasteiger partial charge in [0.05, 0.1) is 9.82 Å². The van der Waals surface area contributed by atoms with E-state index in [9.17, 15) is 18.5 Å². The van der Waals surface area contributed by atoms with E-state index >= 15 is 0 Å². The molecule has 196 valence electrons. The number of nitro benzene ring substituents is 1. The lowest BCUT2D eigenvalue weighted by atomic mass is 10.0. The van der Waals surface area contributed by atoms with Crippen LogP contribution < -0.4 is 10.1 Å². The molecule has 1 aliphatic heterocycles. The zero-order valence-corrected chi connectivity index (χ0v) is 22.5. The first-order valence-electron chi connectivity index (χ1n) is 12.3. The highest BCUT2D eigenvalue weighted by molar-refractivity contribution is 7.90. The Morgan fingerprint density at radius 3 is 2.19 bits per heavy atom. The number of nitro groups is 1.